The zero-order valence-corrected chi connectivity index (χ0v) is 15.4. The lowest BCUT2D eigenvalue weighted by Crippen LogP contribution is -2.28. The number of rotatable bonds is 4. The lowest BCUT2D eigenvalue weighted by atomic mass is 10.2. The Morgan fingerprint density at radius 3 is 2.72 bits per heavy atom. The molecule has 2 heterocycles. The smallest absolute Gasteiger partial charge is 0.182 e. The zero-order valence-electron chi connectivity index (χ0n) is 13.8. The molecule has 0 spiro atoms. The lowest BCUT2D eigenvalue weighted by Gasteiger charge is -2.11. The molecule has 128 valence electrons. The average Bonchev–Trinajstić information content (AvgIpc) is 2.58. The van der Waals surface area contributed by atoms with Gasteiger partial charge in [-0.05, 0) is 49.8 Å². The number of anilines is 3. The molecule has 6 nitrogen and oxygen atoms in total. The third-order valence-electron chi connectivity index (χ3n) is 3.46. The van der Waals surface area contributed by atoms with Crippen LogP contribution < -0.4 is 16.0 Å². The van der Waals surface area contributed by atoms with Gasteiger partial charge in [0.05, 0.1) is 16.9 Å². The van der Waals surface area contributed by atoms with Crippen LogP contribution in [0.25, 0.3) is 11.2 Å². The number of aromatic nitrogens is 3. The van der Waals surface area contributed by atoms with Gasteiger partial charge in [-0.1, -0.05) is 23.7 Å². The molecule has 2 aromatic heterocycles. The maximum absolute atomic E-state index is 6.25. The van der Waals surface area contributed by atoms with Gasteiger partial charge in [-0.3, -0.25) is 0 Å². The van der Waals surface area contributed by atoms with E-state index in [-0.39, 0.29) is 0 Å². The molecule has 3 rings (SSSR count). The highest BCUT2D eigenvalue weighted by Crippen LogP contribution is 2.28. The lowest BCUT2D eigenvalue weighted by molar-refractivity contribution is 0.978. The van der Waals surface area contributed by atoms with Gasteiger partial charge in [0.25, 0.3) is 0 Å². The Morgan fingerprint density at radius 2 is 1.96 bits per heavy atom. The number of nitrogens with one attached hydrogen (secondary N) is 3. The summed E-state index contributed by atoms with van der Waals surface area (Å²) in [6.07, 6.45) is 1.66. The van der Waals surface area contributed by atoms with E-state index in [0.717, 1.165) is 17.8 Å². The van der Waals surface area contributed by atoms with Crippen LogP contribution in [-0.4, -0.2) is 26.6 Å². The number of benzene rings is 1. The van der Waals surface area contributed by atoms with Crippen LogP contribution in [0.15, 0.2) is 36.5 Å². The van der Waals surface area contributed by atoms with Crippen molar-refractivity contribution in [2.75, 3.05) is 17.2 Å². The number of aryl methyl sites for hydroxylation is 1. The van der Waals surface area contributed by atoms with E-state index in [1.165, 1.54) is 0 Å². The molecule has 1 aromatic carbocycles. The van der Waals surface area contributed by atoms with Crippen LogP contribution in [0.2, 0.25) is 5.02 Å². The monoisotopic (exact) mass is 372 g/mol. The van der Waals surface area contributed by atoms with Crippen LogP contribution in [0.5, 0.6) is 0 Å². The van der Waals surface area contributed by atoms with Gasteiger partial charge in [-0.2, -0.15) is 0 Å². The van der Waals surface area contributed by atoms with Crippen molar-refractivity contribution in [1.29, 1.82) is 0 Å². The van der Waals surface area contributed by atoms with E-state index in [1.54, 1.807) is 6.20 Å². The second-order valence-corrected chi connectivity index (χ2v) is 6.15. The molecular formula is C17H17ClN6S. The van der Waals surface area contributed by atoms with E-state index >= 15 is 0 Å². The molecule has 0 fully saturated rings. The van der Waals surface area contributed by atoms with E-state index in [4.69, 9.17) is 23.8 Å². The molecule has 0 radical (unpaired) electrons. The molecule has 3 aromatic rings. The summed E-state index contributed by atoms with van der Waals surface area (Å²) in [6, 6.07) is 9.36. The highest BCUT2D eigenvalue weighted by molar-refractivity contribution is 7.80. The van der Waals surface area contributed by atoms with Crippen LogP contribution in [0.1, 0.15) is 12.5 Å². The summed E-state index contributed by atoms with van der Waals surface area (Å²) in [6.45, 7) is 4.69. The first-order valence-corrected chi connectivity index (χ1v) is 8.56. The van der Waals surface area contributed by atoms with Crippen LogP contribution in [0.3, 0.4) is 0 Å². The average molecular weight is 373 g/mol. The standard InChI is InChI=1S/C17H17ClN6S/c1-3-19-17(25)24-13-8-7-12-16(22-13)23-14(9-20-12)21-15-10(2)5-4-6-11(15)18/h4-9H,3H2,1-2H3,(H3,19,21,22,23,24,25). The Morgan fingerprint density at radius 1 is 1.16 bits per heavy atom. The molecule has 0 saturated heterocycles. The predicted octanol–water partition coefficient (Wildman–Crippen LogP) is 4.04. The van der Waals surface area contributed by atoms with Crippen molar-refractivity contribution < 1.29 is 0 Å². The van der Waals surface area contributed by atoms with Crippen molar-refractivity contribution in [2.24, 2.45) is 0 Å². The molecule has 3 N–H and O–H groups in total. The van der Waals surface area contributed by atoms with Crippen molar-refractivity contribution in [3.8, 4) is 0 Å². The molecule has 0 saturated carbocycles. The molecule has 0 aliphatic carbocycles. The Bertz CT molecular complexity index is 910. The third-order valence-corrected chi connectivity index (χ3v) is 4.02. The first-order valence-electron chi connectivity index (χ1n) is 7.77. The molecule has 0 aliphatic heterocycles. The Kier molecular flexibility index (Phi) is 5.25. The second-order valence-electron chi connectivity index (χ2n) is 5.34. The molecule has 0 unspecified atom stereocenters. The van der Waals surface area contributed by atoms with E-state index in [0.29, 0.717) is 32.9 Å². The van der Waals surface area contributed by atoms with Crippen molar-refractivity contribution in [3.63, 3.8) is 0 Å². The Labute approximate surface area is 156 Å². The van der Waals surface area contributed by atoms with Crippen LogP contribution in [0, 0.1) is 6.92 Å². The van der Waals surface area contributed by atoms with Crippen LogP contribution in [-0.2, 0) is 0 Å². The van der Waals surface area contributed by atoms with E-state index in [2.05, 4.69) is 30.9 Å². The van der Waals surface area contributed by atoms with Gasteiger partial charge in [0, 0.05) is 6.54 Å². The number of nitrogens with zero attached hydrogens (tertiary/aromatic N) is 3. The fourth-order valence-corrected chi connectivity index (χ4v) is 2.78. The maximum Gasteiger partial charge on any atom is 0.182 e. The summed E-state index contributed by atoms with van der Waals surface area (Å²) in [4.78, 5) is 13.4. The third kappa shape index (κ3) is 4.12. The minimum Gasteiger partial charge on any atom is -0.363 e. The van der Waals surface area contributed by atoms with Crippen LogP contribution >= 0.6 is 23.8 Å². The van der Waals surface area contributed by atoms with E-state index < -0.39 is 0 Å². The molecule has 0 bridgehead atoms. The zero-order chi connectivity index (χ0) is 17.8. The van der Waals surface area contributed by atoms with Gasteiger partial charge in [0.2, 0.25) is 0 Å². The summed E-state index contributed by atoms with van der Waals surface area (Å²) in [5.74, 6) is 1.18. The fourth-order valence-electron chi connectivity index (χ4n) is 2.27. The summed E-state index contributed by atoms with van der Waals surface area (Å²) in [7, 11) is 0. The fraction of sp³-hybridized carbons (Fsp3) is 0.176. The normalized spacial score (nSPS) is 10.5. The number of hydrogen-bond donors (Lipinski definition) is 3. The van der Waals surface area contributed by atoms with E-state index in [1.807, 2.05) is 44.2 Å². The number of pyridine rings is 1. The van der Waals surface area contributed by atoms with Gasteiger partial charge >= 0.3 is 0 Å². The van der Waals surface area contributed by atoms with E-state index in [9.17, 15) is 0 Å². The maximum atomic E-state index is 6.25. The van der Waals surface area contributed by atoms with Gasteiger partial charge in [0.15, 0.2) is 16.6 Å². The highest BCUT2D eigenvalue weighted by atomic mass is 35.5. The largest absolute Gasteiger partial charge is 0.363 e. The van der Waals surface area contributed by atoms with Crippen molar-refractivity contribution in [1.82, 2.24) is 20.3 Å². The van der Waals surface area contributed by atoms with Gasteiger partial charge in [-0.15, -0.1) is 0 Å². The van der Waals surface area contributed by atoms with Gasteiger partial charge in [0.1, 0.15) is 11.3 Å². The number of para-hydroxylation sites is 1. The summed E-state index contributed by atoms with van der Waals surface area (Å²) >= 11 is 11.4. The molecular weight excluding hydrogens is 356 g/mol. The molecule has 0 atom stereocenters. The predicted molar refractivity (Wildman–Crippen MR) is 107 cm³/mol. The SMILES string of the molecule is CCNC(=S)Nc1ccc2ncc(Nc3c(C)cccc3Cl)nc2n1. The van der Waals surface area contributed by atoms with Crippen molar-refractivity contribution in [3.05, 3.63) is 47.1 Å². The molecule has 8 heteroatoms. The highest BCUT2D eigenvalue weighted by Gasteiger charge is 2.08. The van der Waals surface area contributed by atoms with Crippen molar-refractivity contribution >= 4 is 57.4 Å². The number of halogens is 1. The molecule has 25 heavy (non-hydrogen) atoms. The molecule has 0 amide bonds. The minimum absolute atomic E-state index is 0.513. The first-order chi connectivity index (χ1) is 12.1. The number of hydrogen-bond acceptors (Lipinski definition) is 5. The molecule has 0 aliphatic rings. The Balaban J connectivity index is 1.89. The van der Waals surface area contributed by atoms with Gasteiger partial charge in [-0.25, -0.2) is 15.0 Å². The Hall–Kier alpha value is -2.51. The number of fused-ring (bicyclic) bond motifs is 1. The summed E-state index contributed by atoms with van der Waals surface area (Å²) < 4.78 is 0. The van der Waals surface area contributed by atoms with Crippen molar-refractivity contribution in [2.45, 2.75) is 13.8 Å². The summed E-state index contributed by atoms with van der Waals surface area (Å²) in [5, 5.41) is 10.4. The number of thiocarbonyl (C=S) groups is 1. The quantitative estimate of drug-likeness (QED) is 0.597. The first kappa shape index (κ1) is 17.3. The van der Waals surface area contributed by atoms with Gasteiger partial charge < -0.3 is 16.0 Å². The summed E-state index contributed by atoms with van der Waals surface area (Å²) in [5.41, 5.74) is 3.04. The topological polar surface area (TPSA) is 74.8 Å². The van der Waals surface area contributed by atoms with Crippen LogP contribution in [0.4, 0.5) is 17.3 Å². The second kappa shape index (κ2) is 7.58. The minimum atomic E-state index is 0.513.